The summed E-state index contributed by atoms with van der Waals surface area (Å²) in [5.41, 5.74) is 0. The molecular formula is C72H135NO5. The molecule has 0 aromatic rings. The molecule has 0 aromatic heterocycles. The van der Waals surface area contributed by atoms with Crippen LogP contribution < -0.4 is 5.32 Å². The molecule has 0 heterocycles. The molecule has 6 nitrogen and oxygen atoms in total. The summed E-state index contributed by atoms with van der Waals surface area (Å²) in [7, 11) is 0. The van der Waals surface area contributed by atoms with Crippen molar-refractivity contribution in [1.82, 2.24) is 5.32 Å². The van der Waals surface area contributed by atoms with Gasteiger partial charge in [0.15, 0.2) is 0 Å². The lowest BCUT2D eigenvalue weighted by Crippen LogP contribution is -2.45. The van der Waals surface area contributed by atoms with Gasteiger partial charge in [0.05, 0.1) is 25.4 Å². The van der Waals surface area contributed by atoms with E-state index in [0.717, 1.165) is 51.4 Å². The summed E-state index contributed by atoms with van der Waals surface area (Å²) >= 11 is 0. The molecule has 1 amide bonds. The molecule has 0 bridgehead atoms. The van der Waals surface area contributed by atoms with Crippen molar-refractivity contribution in [3.05, 3.63) is 48.6 Å². The highest BCUT2D eigenvalue weighted by atomic mass is 16.5. The van der Waals surface area contributed by atoms with Gasteiger partial charge in [0.2, 0.25) is 5.91 Å². The number of allylic oxidation sites excluding steroid dienone is 7. The molecule has 78 heavy (non-hydrogen) atoms. The molecule has 6 heteroatoms. The highest BCUT2D eigenvalue weighted by molar-refractivity contribution is 5.76. The first-order valence-electron chi connectivity index (χ1n) is 34.9. The van der Waals surface area contributed by atoms with Gasteiger partial charge in [0.1, 0.15) is 0 Å². The van der Waals surface area contributed by atoms with Crippen molar-refractivity contribution < 1.29 is 24.5 Å². The smallest absolute Gasteiger partial charge is 0.305 e. The van der Waals surface area contributed by atoms with Crippen molar-refractivity contribution >= 4 is 11.9 Å². The van der Waals surface area contributed by atoms with Crippen LogP contribution in [0.25, 0.3) is 0 Å². The predicted octanol–water partition coefficient (Wildman–Crippen LogP) is 22.5. The molecule has 0 saturated carbocycles. The second kappa shape index (κ2) is 67.3. The maximum atomic E-state index is 12.5. The number of hydrogen-bond donors (Lipinski definition) is 3. The second-order valence-corrected chi connectivity index (χ2v) is 23.9. The molecule has 0 aliphatic rings. The van der Waals surface area contributed by atoms with Gasteiger partial charge in [-0.2, -0.15) is 0 Å². The first-order chi connectivity index (χ1) is 38.5. The third-order valence-corrected chi connectivity index (χ3v) is 16.1. The van der Waals surface area contributed by atoms with E-state index >= 15 is 0 Å². The summed E-state index contributed by atoms with van der Waals surface area (Å²) in [4.78, 5) is 24.5. The third-order valence-electron chi connectivity index (χ3n) is 16.1. The molecule has 0 aromatic carbocycles. The molecule has 2 atom stereocenters. The summed E-state index contributed by atoms with van der Waals surface area (Å²) in [6.07, 6.45) is 87.6. The molecule has 0 saturated heterocycles. The number of nitrogens with one attached hydrogen (secondary N) is 1. The average molecular weight is 1090 g/mol. The van der Waals surface area contributed by atoms with Gasteiger partial charge >= 0.3 is 5.97 Å². The third kappa shape index (κ3) is 63.0. The Bertz CT molecular complexity index is 1310. The monoisotopic (exact) mass is 1090 g/mol. The zero-order chi connectivity index (χ0) is 56.4. The molecule has 0 rings (SSSR count). The quantitative estimate of drug-likeness (QED) is 0.0320. The van der Waals surface area contributed by atoms with Gasteiger partial charge in [-0.15, -0.1) is 0 Å². The number of hydrogen-bond acceptors (Lipinski definition) is 5. The molecule has 458 valence electrons. The minimum absolute atomic E-state index is 0.00534. The largest absolute Gasteiger partial charge is 0.466 e. The molecule has 0 aliphatic carbocycles. The minimum Gasteiger partial charge on any atom is -0.466 e. The average Bonchev–Trinajstić information content (AvgIpc) is 3.44. The van der Waals surface area contributed by atoms with E-state index in [-0.39, 0.29) is 18.5 Å². The van der Waals surface area contributed by atoms with Crippen molar-refractivity contribution in [2.75, 3.05) is 13.2 Å². The first-order valence-corrected chi connectivity index (χ1v) is 34.9. The molecule has 0 spiro atoms. The summed E-state index contributed by atoms with van der Waals surface area (Å²) in [6, 6.07) is -0.626. The fourth-order valence-corrected chi connectivity index (χ4v) is 10.7. The Morgan fingerprint density at radius 3 is 0.987 bits per heavy atom. The number of amides is 1. The number of unbranched alkanes of at least 4 members (excludes halogenated alkanes) is 48. The number of aliphatic hydroxyl groups excluding tert-OH is 2. The molecule has 0 fully saturated rings. The van der Waals surface area contributed by atoms with E-state index in [9.17, 15) is 19.8 Å². The molecule has 3 N–H and O–H groups in total. The van der Waals surface area contributed by atoms with Crippen LogP contribution in [-0.2, 0) is 14.3 Å². The van der Waals surface area contributed by atoms with Crippen molar-refractivity contribution in [3.8, 4) is 0 Å². The van der Waals surface area contributed by atoms with Crippen molar-refractivity contribution in [3.63, 3.8) is 0 Å². The van der Waals surface area contributed by atoms with E-state index in [1.807, 2.05) is 6.08 Å². The Morgan fingerprint density at radius 2 is 0.641 bits per heavy atom. The highest BCUT2D eigenvalue weighted by Gasteiger charge is 2.18. The van der Waals surface area contributed by atoms with E-state index in [0.29, 0.717) is 19.4 Å². The summed E-state index contributed by atoms with van der Waals surface area (Å²) in [6.45, 7) is 4.91. The maximum Gasteiger partial charge on any atom is 0.305 e. The lowest BCUT2D eigenvalue weighted by atomic mass is 10.0. The van der Waals surface area contributed by atoms with E-state index < -0.39 is 12.1 Å². The molecule has 0 radical (unpaired) electrons. The van der Waals surface area contributed by atoms with Crippen LogP contribution in [0.3, 0.4) is 0 Å². The fraction of sp³-hybridized carbons (Fsp3) is 0.861. The van der Waals surface area contributed by atoms with Crippen LogP contribution in [0.2, 0.25) is 0 Å². The summed E-state index contributed by atoms with van der Waals surface area (Å²) in [5.74, 6) is -0.0595. The topological polar surface area (TPSA) is 95.9 Å². The Morgan fingerprint density at radius 1 is 0.359 bits per heavy atom. The Balaban J connectivity index is 3.39. The van der Waals surface area contributed by atoms with E-state index in [1.165, 1.54) is 295 Å². The second-order valence-electron chi connectivity index (χ2n) is 23.9. The SMILES string of the molecule is CCCCCCC/C=C\CCCCCCCC(=O)OCCCCCCCCCCC/C=C\C/C=C\CCCCCCCCCCCCCCCCCCCC(=O)NC(CO)C(O)/C=C/CCCCCCCCCCCCCC. The minimum atomic E-state index is -0.843. The lowest BCUT2D eigenvalue weighted by Gasteiger charge is -2.20. The summed E-state index contributed by atoms with van der Waals surface area (Å²) < 4.78 is 5.48. The predicted molar refractivity (Wildman–Crippen MR) is 342 cm³/mol. The first kappa shape index (κ1) is 75.8. The number of rotatable bonds is 65. The van der Waals surface area contributed by atoms with Crippen LogP contribution in [0.1, 0.15) is 373 Å². The van der Waals surface area contributed by atoms with Gasteiger partial charge in [0, 0.05) is 12.8 Å². The Kier molecular flexibility index (Phi) is 65.4. The Labute approximate surface area is 486 Å². The van der Waals surface area contributed by atoms with Gasteiger partial charge in [-0.3, -0.25) is 9.59 Å². The van der Waals surface area contributed by atoms with E-state index in [2.05, 4.69) is 55.6 Å². The normalized spacial score (nSPS) is 12.8. The zero-order valence-corrected chi connectivity index (χ0v) is 52.4. The van der Waals surface area contributed by atoms with Crippen molar-refractivity contribution in [2.24, 2.45) is 0 Å². The molecule has 2 unspecified atom stereocenters. The lowest BCUT2D eigenvalue weighted by molar-refractivity contribution is -0.143. The van der Waals surface area contributed by atoms with Gasteiger partial charge in [-0.05, 0) is 89.9 Å². The zero-order valence-electron chi connectivity index (χ0n) is 52.4. The standard InChI is InChI=1S/C72H135NO5/c1-3-5-7-9-11-13-15-17-40-44-48-52-56-60-64-70(75)69(68-74)73-71(76)65-61-57-53-49-45-41-38-36-34-32-30-28-26-24-22-20-19-21-23-25-27-29-31-33-35-37-39-43-47-51-55-59-63-67-78-72(77)66-62-58-54-50-46-42-18-16-14-12-10-8-6-4-2/h16,18,23,25,29,31,60,64,69-70,74-75H,3-15,17,19-22,24,26-28,30,32-59,61-63,65-68H2,1-2H3,(H,73,76)/b18-16-,25-23-,31-29-,64-60+. The van der Waals surface area contributed by atoms with Gasteiger partial charge < -0.3 is 20.3 Å². The number of aliphatic hydroxyl groups is 2. The van der Waals surface area contributed by atoms with E-state index in [1.54, 1.807) is 6.08 Å². The van der Waals surface area contributed by atoms with Gasteiger partial charge in [-0.1, -0.05) is 319 Å². The van der Waals surface area contributed by atoms with Crippen LogP contribution >= 0.6 is 0 Å². The van der Waals surface area contributed by atoms with Crippen LogP contribution in [0, 0.1) is 0 Å². The van der Waals surface area contributed by atoms with Gasteiger partial charge in [-0.25, -0.2) is 0 Å². The van der Waals surface area contributed by atoms with Crippen LogP contribution in [0.4, 0.5) is 0 Å². The number of ether oxygens (including phenoxy) is 1. The Hall–Kier alpha value is -2.18. The van der Waals surface area contributed by atoms with E-state index in [4.69, 9.17) is 4.74 Å². The van der Waals surface area contributed by atoms with Crippen LogP contribution in [0.5, 0.6) is 0 Å². The number of carbonyl (C=O) groups excluding carboxylic acids is 2. The molecule has 0 aliphatic heterocycles. The maximum absolute atomic E-state index is 12.5. The highest BCUT2D eigenvalue weighted by Crippen LogP contribution is 2.18. The van der Waals surface area contributed by atoms with Crippen LogP contribution in [0.15, 0.2) is 48.6 Å². The fourth-order valence-electron chi connectivity index (χ4n) is 10.7. The van der Waals surface area contributed by atoms with Crippen LogP contribution in [-0.4, -0.2) is 47.4 Å². The van der Waals surface area contributed by atoms with Crippen molar-refractivity contribution in [2.45, 2.75) is 386 Å². The number of carbonyl (C=O) groups is 2. The molecular weight excluding hydrogens is 959 g/mol. The van der Waals surface area contributed by atoms with Crippen molar-refractivity contribution in [1.29, 1.82) is 0 Å². The van der Waals surface area contributed by atoms with Gasteiger partial charge in [0.25, 0.3) is 0 Å². The number of esters is 1. The summed E-state index contributed by atoms with van der Waals surface area (Å²) in [5, 5.41) is 23.1.